The van der Waals surface area contributed by atoms with E-state index in [1.54, 1.807) is 17.6 Å². The van der Waals surface area contributed by atoms with Gasteiger partial charge >= 0.3 is 0 Å². The lowest BCUT2D eigenvalue weighted by Crippen LogP contribution is -2.39. The molecule has 2 heterocycles. The summed E-state index contributed by atoms with van der Waals surface area (Å²) in [6.07, 6.45) is 7.62. The van der Waals surface area contributed by atoms with Crippen molar-refractivity contribution in [3.8, 4) is 0 Å². The smallest absolute Gasteiger partial charge is 0.191 e. The van der Waals surface area contributed by atoms with Gasteiger partial charge in [0.2, 0.25) is 0 Å². The molecule has 0 fully saturated rings. The molecule has 0 aliphatic carbocycles. The van der Waals surface area contributed by atoms with Gasteiger partial charge in [-0.05, 0) is 24.8 Å². The monoisotopic (exact) mass is 352 g/mol. The van der Waals surface area contributed by atoms with E-state index in [9.17, 15) is 0 Å². The van der Waals surface area contributed by atoms with Crippen LogP contribution < -0.4 is 10.6 Å². The van der Waals surface area contributed by atoms with Gasteiger partial charge in [0.25, 0.3) is 0 Å². The van der Waals surface area contributed by atoms with Crippen LogP contribution in [0.5, 0.6) is 0 Å². The predicted molar refractivity (Wildman–Crippen MR) is 99.4 cm³/mol. The van der Waals surface area contributed by atoms with E-state index in [-0.39, 0.29) is 0 Å². The maximum atomic E-state index is 5.35. The number of guanidine groups is 1. The molecule has 0 aliphatic rings. The van der Waals surface area contributed by atoms with E-state index in [1.165, 1.54) is 4.88 Å². The Bertz CT molecular complexity index is 581. The number of furan rings is 1. The van der Waals surface area contributed by atoms with Crippen LogP contribution in [0.1, 0.15) is 22.6 Å². The zero-order chi connectivity index (χ0) is 16.3. The number of aliphatic imine (C=N–C) groups is 1. The second-order valence-corrected chi connectivity index (χ2v) is 7.10. The minimum absolute atomic E-state index is 0.611. The van der Waals surface area contributed by atoms with E-state index < -0.39 is 0 Å². The lowest BCUT2D eigenvalue weighted by molar-refractivity contribution is 0.507. The number of aryl methyl sites for hydroxylation is 1. The zero-order valence-corrected chi connectivity index (χ0v) is 15.3. The van der Waals surface area contributed by atoms with Crippen LogP contribution in [-0.2, 0) is 19.4 Å². The molecule has 2 aromatic heterocycles. The Kier molecular flexibility index (Phi) is 8.03. The number of hydrogen-bond acceptors (Lipinski definition) is 5. The molecule has 0 aromatic carbocycles. The summed E-state index contributed by atoms with van der Waals surface area (Å²) >= 11 is 3.55. The Morgan fingerprint density at radius 3 is 2.96 bits per heavy atom. The van der Waals surface area contributed by atoms with Crippen molar-refractivity contribution in [1.82, 2.24) is 15.6 Å². The molecular weight excluding hydrogens is 328 g/mol. The van der Waals surface area contributed by atoms with E-state index >= 15 is 0 Å². The molecule has 0 amide bonds. The maximum Gasteiger partial charge on any atom is 0.191 e. The highest BCUT2D eigenvalue weighted by molar-refractivity contribution is 7.98. The van der Waals surface area contributed by atoms with Crippen LogP contribution in [-0.4, -0.2) is 36.0 Å². The van der Waals surface area contributed by atoms with Gasteiger partial charge in [-0.25, -0.2) is 9.98 Å². The third kappa shape index (κ3) is 6.66. The standard InChI is InChI=1S/C16H24N4OS2/c1-3-14-11-19-15(23-14)12-20-16(18-8-10-22-2)17-7-6-13-5-4-9-21-13/h4-5,9,11H,3,6-8,10,12H2,1-2H3,(H2,17,18,20). The minimum Gasteiger partial charge on any atom is -0.469 e. The quantitative estimate of drug-likeness (QED) is 0.413. The molecule has 0 atom stereocenters. The number of nitrogens with zero attached hydrogens (tertiary/aromatic N) is 2. The fourth-order valence-electron chi connectivity index (χ4n) is 1.94. The summed E-state index contributed by atoms with van der Waals surface area (Å²) in [6.45, 7) is 4.44. The van der Waals surface area contributed by atoms with Crippen LogP contribution in [0.4, 0.5) is 0 Å². The molecule has 2 aromatic rings. The van der Waals surface area contributed by atoms with Crippen molar-refractivity contribution < 1.29 is 4.42 Å². The van der Waals surface area contributed by atoms with Crippen molar-refractivity contribution in [2.24, 2.45) is 4.99 Å². The largest absolute Gasteiger partial charge is 0.469 e. The first-order valence-electron chi connectivity index (χ1n) is 7.79. The second-order valence-electron chi connectivity index (χ2n) is 4.91. The molecule has 2 rings (SSSR count). The lowest BCUT2D eigenvalue weighted by atomic mass is 10.3. The van der Waals surface area contributed by atoms with E-state index in [4.69, 9.17) is 4.42 Å². The molecule has 0 saturated heterocycles. The summed E-state index contributed by atoms with van der Waals surface area (Å²) in [5.41, 5.74) is 0. The molecule has 0 aliphatic heterocycles. The normalized spacial score (nSPS) is 11.7. The molecule has 0 saturated carbocycles. The van der Waals surface area contributed by atoms with E-state index in [0.29, 0.717) is 6.54 Å². The van der Waals surface area contributed by atoms with Crippen LogP contribution in [0.3, 0.4) is 0 Å². The SMILES string of the molecule is CCc1cnc(CN=C(NCCSC)NCCc2ccco2)s1. The van der Waals surface area contributed by atoms with Crippen molar-refractivity contribution in [2.45, 2.75) is 26.3 Å². The highest BCUT2D eigenvalue weighted by Crippen LogP contribution is 2.13. The Balaban J connectivity index is 1.85. The third-order valence-electron chi connectivity index (χ3n) is 3.16. The minimum atomic E-state index is 0.611. The highest BCUT2D eigenvalue weighted by Gasteiger charge is 2.03. The Morgan fingerprint density at radius 2 is 2.26 bits per heavy atom. The van der Waals surface area contributed by atoms with Crippen LogP contribution in [0, 0.1) is 0 Å². The molecule has 23 heavy (non-hydrogen) atoms. The Labute approximate surface area is 146 Å². The van der Waals surface area contributed by atoms with Crippen LogP contribution in [0.25, 0.3) is 0 Å². The number of rotatable bonds is 9. The summed E-state index contributed by atoms with van der Waals surface area (Å²) in [5, 5.41) is 7.77. The molecule has 0 radical (unpaired) electrons. The second kappa shape index (κ2) is 10.3. The highest BCUT2D eigenvalue weighted by atomic mass is 32.2. The molecule has 2 N–H and O–H groups in total. The van der Waals surface area contributed by atoms with Gasteiger partial charge in [-0.3, -0.25) is 0 Å². The summed E-state index contributed by atoms with van der Waals surface area (Å²) in [7, 11) is 0. The van der Waals surface area contributed by atoms with Gasteiger partial charge in [-0.15, -0.1) is 11.3 Å². The Hall–Kier alpha value is -1.47. The molecule has 7 heteroatoms. The molecule has 126 valence electrons. The van der Waals surface area contributed by atoms with E-state index in [0.717, 1.165) is 48.4 Å². The average Bonchev–Trinajstić information content (AvgIpc) is 3.23. The van der Waals surface area contributed by atoms with Crippen LogP contribution in [0.2, 0.25) is 0 Å². The predicted octanol–water partition coefficient (Wildman–Crippen LogP) is 2.94. The van der Waals surface area contributed by atoms with Gasteiger partial charge < -0.3 is 15.1 Å². The van der Waals surface area contributed by atoms with Gasteiger partial charge in [0.1, 0.15) is 10.8 Å². The van der Waals surface area contributed by atoms with Gasteiger partial charge in [0.05, 0.1) is 12.8 Å². The fourth-order valence-corrected chi connectivity index (χ4v) is 3.03. The van der Waals surface area contributed by atoms with Crippen molar-refractivity contribution in [3.05, 3.63) is 40.2 Å². The van der Waals surface area contributed by atoms with Gasteiger partial charge in [-0.1, -0.05) is 6.92 Å². The first-order valence-corrected chi connectivity index (χ1v) is 10.00. The summed E-state index contributed by atoms with van der Waals surface area (Å²) in [5.74, 6) is 2.86. The van der Waals surface area contributed by atoms with E-state index in [2.05, 4.69) is 33.8 Å². The zero-order valence-electron chi connectivity index (χ0n) is 13.7. The first kappa shape index (κ1) is 17.9. The number of thioether (sulfide) groups is 1. The number of nitrogens with one attached hydrogen (secondary N) is 2. The van der Waals surface area contributed by atoms with Crippen molar-refractivity contribution in [2.75, 3.05) is 25.1 Å². The number of thiazole rings is 1. The van der Waals surface area contributed by atoms with Gasteiger partial charge in [0, 0.05) is 36.3 Å². The molecule has 0 unspecified atom stereocenters. The third-order valence-corrected chi connectivity index (χ3v) is 4.90. The van der Waals surface area contributed by atoms with Crippen molar-refractivity contribution >= 4 is 29.1 Å². The molecule has 0 bridgehead atoms. The molecule has 5 nitrogen and oxygen atoms in total. The van der Waals surface area contributed by atoms with E-state index in [1.807, 2.05) is 30.1 Å². The Morgan fingerprint density at radius 1 is 1.39 bits per heavy atom. The fraction of sp³-hybridized carbons (Fsp3) is 0.500. The summed E-state index contributed by atoms with van der Waals surface area (Å²) in [6, 6.07) is 3.90. The number of hydrogen-bond donors (Lipinski definition) is 2. The first-order chi connectivity index (χ1) is 11.3. The summed E-state index contributed by atoms with van der Waals surface area (Å²) < 4.78 is 5.35. The average molecular weight is 353 g/mol. The summed E-state index contributed by atoms with van der Waals surface area (Å²) in [4.78, 5) is 10.4. The molecular formula is C16H24N4OS2. The topological polar surface area (TPSA) is 62.5 Å². The van der Waals surface area contributed by atoms with Crippen molar-refractivity contribution in [3.63, 3.8) is 0 Å². The van der Waals surface area contributed by atoms with Gasteiger partial charge in [-0.2, -0.15) is 11.8 Å². The number of aromatic nitrogens is 1. The van der Waals surface area contributed by atoms with Crippen LogP contribution in [0.15, 0.2) is 34.0 Å². The maximum absolute atomic E-state index is 5.35. The van der Waals surface area contributed by atoms with Crippen LogP contribution >= 0.6 is 23.1 Å². The lowest BCUT2D eigenvalue weighted by Gasteiger charge is -2.11. The van der Waals surface area contributed by atoms with Gasteiger partial charge in [0.15, 0.2) is 5.96 Å². The molecule has 0 spiro atoms. The van der Waals surface area contributed by atoms with Crippen molar-refractivity contribution in [1.29, 1.82) is 0 Å².